The van der Waals surface area contributed by atoms with Crippen molar-refractivity contribution in [2.75, 3.05) is 13.1 Å². The van der Waals surface area contributed by atoms with Gasteiger partial charge in [0, 0.05) is 25.6 Å². The van der Waals surface area contributed by atoms with E-state index < -0.39 is 0 Å². The highest BCUT2D eigenvalue weighted by Gasteiger charge is 2.24. The standard InChI is InChI=1S/C18H28N2O/c1-15-9-11-16(12-10-15)6-2-3-8-18(21)20-13-5-4-7-17(20)14-19/h9-12,17H,2-8,13-14,19H2,1H3. The maximum Gasteiger partial charge on any atom is 0.222 e. The molecule has 1 aliphatic heterocycles. The minimum Gasteiger partial charge on any atom is -0.338 e. The molecule has 0 aliphatic carbocycles. The molecule has 0 aromatic heterocycles. The minimum atomic E-state index is 0.281. The second-order valence-corrected chi connectivity index (χ2v) is 6.17. The number of carbonyl (C=O) groups excluding carboxylic acids is 1. The Kier molecular flexibility index (Phi) is 6.24. The van der Waals surface area contributed by atoms with Gasteiger partial charge in [-0.15, -0.1) is 0 Å². The lowest BCUT2D eigenvalue weighted by Gasteiger charge is -2.35. The molecule has 1 heterocycles. The molecule has 0 bridgehead atoms. The van der Waals surface area contributed by atoms with Gasteiger partial charge in [-0.2, -0.15) is 0 Å². The topological polar surface area (TPSA) is 46.3 Å². The van der Waals surface area contributed by atoms with Gasteiger partial charge in [-0.05, 0) is 51.0 Å². The summed E-state index contributed by atoms with van der Waals surface area (Å²) in [4.78, 5) is 14.3. The van der Waals surface area contributed by atoms with Crippen molar-refractivity contribution in [3.8, 4) is 0 Å². The largest absolute Gasteiger partial charge is 0.338 e. The van der Waals surface area contributed by atoms with E-state index in [2.05, 4.69) is 31.2 Å². The molecule has 21 heavy (non-hydrogen) atoms. The predicted molar refractivity (Wildman–Crippen MR) is 87.1 cm³/mol. The first kappa shape index (κ1) is 16.0. The molecule has 1 atom stereocenters. The van der Waals surface area contributed by atoms with Gasteiger partial charge in [0.15, 0.2) is 0 Å². The maximum atomic E-state index is 12.3. The van der Waals surface area contributed by atoms with Crippen molar-refractivity contribution in [2.24, 2.45) is 5.73 Å². The van der Waals surface area contributed by atoms with E-state index in [0.717, 1.165) is 38.6 Å². The van der Waals surface area contributed by atoms with Crippen molar-refractivity contribution in [1.29, 1.82) is 0 Å². The van der Waals surface area contributed by atoms with Crippen LogP contribution in [0.3, 0.4) is 0 Å². The molecule has 1 aliphatic rings. The molecular formula is C18H28N2O. The first-order valence-electron chi connectivity index (χ1n) is 8.26. The second kappa shape index (κ2) is 8.18. The summed E-state index contributed by atoms with van der Waals surface area (Å²) in [6.07, 6.45) is 7.20. The number of carbonyl (C=O) groups is 1. The number of hydrogen-bond acceptors (Lipinski definition) is 2. The lowest BCUT2D eigenvalue weighted by atomic mass is 10.0. The first-order valence-corrected chi connectivity index (χ1v) is 8.26. The molecule has 1 amide bonds. The number of piperidine rings is 1. The number of benzene rings is 1. The molecule has 0 radical (unpaired) electrons. The summed E-state index contributed by atoms with van der Waals surface area (Å²) in [5, 5.41) is 0. The third kappa shape index (κ3) is 4.85. The van der Waals surface area contributed by atoms with Crippen LogP contribution in [0.4, 0.5) is 0 Å². The molecule has 1 fully saturated rings. The van der Waals surface area contributed by atoms with Crippen LogP contribution in [0.15, 0.2) is 24.3 Å². The van der Waals surface area contributed by atoms with Gasteiger partial charge in [-0.3, -0.25) is 4.79 Å². The molecule has 3 nitrogen and oxygen atoms in total. The van der Waals surface area contributed by atoms with Crippen LogP contribution in [0.1, 0.15) is 49.7 Å². The molecule has 2 rings (SSSR count). The average molecular weight is 288 g/mol. The first-order chi connectivity index (χ1) is 10.2. The van der Waals surface area contributed by atoms with Crippen molar-refractivity contribution in [2.45, 2.75) is 57.9 Å². The van der Waals surface area contributed by atoms with Gasteiger partial charge in [0.25, 0.3) is 0 Å². The number of hydrogen-bond donors (Lipinski definition) is 1. The molecule has 2 N–H and O–H groups in total. The number of amides is 1. The minimum absolute atomic E-state index is 0.281. The Morgan fingerprint density at radius 3 is 2.71 bits per heavy atom. The summed E-state index contributed by atoms with van der Waals surface area (Å²) >= 11 is 0. The Bertz CT molecular complexity index is 441. The van der Waals surface area contributed by atoms with Crippen molar-refractivity contribution < 1.29 is 4.79 Å². The second-order valence-electron chi connectivity index (χ2n) is 6.17. The van der Waals surface area contributed by atoms with Crippen LogP contribution in [0.25, 0.3) is 0 Å². The zero-order chi connectivity index (χ0) is 15.1. The molecular weight excluding hydrogens is 260 g/mol. The molecule has 1 aromatic rings. The third-order valence-corrected chi connectivity index (χ3v) is 4.45. The summed E-state index contributed by atoms with van der Waals surface area (Å²) in [5.41, 5.74) is 8.45. The van der Waals surface area contributed by atoms with Crippen LogP contribution in [0.2, 0.25) is 0 Å². The van der Waals surface area contributed by atoms with Crippen molar-refractivity contribution in [1.82, 2.24) is 4.90 Å². The van der Waals surface area contributed by atoms with E-state index >= 15 is 0 Å². The summed E-state index contributed by atoms with van der Waals surface area (Å²) in [7, 11) is 0. The molecule has 0 spiro atoms. The van der Waals surface area contributed by atoms with E-state index in [-0.39, 0.29) is 6.04 Å². The molecule has 0 saturated carbocycles. The normalized spacial score (nSPS) is 18.8. The Hall–Kier alpha value is -1.35. The van der Waals surface area contributed by atoms with Gasteiger partial charge in [-0.1, -0.05) is 29.8 Å². The van der Waals surface area contributed by atoms with Gasteiger partial charge in [0.2, 0.25) is 5.91 Å². The van der Waals surface area contributed by atoms with Crippen LogP contribution >= 0.6 is 0 Å². The van der Waals surface area contributed by atoms with E-state index in [0.29, 0.717) is 18.9 Å². The van der Waals surface area contributed by atoms with E-state index in [1.165, 1.54) is 17.5 Å². The average Bonchev–Trinajstić information content (AvgIpc) is 2.53. The third-order valence-electron chi connectivity index (χ3n) is 4.45. The van der Waals surface area contributed by atoms with Crippen LogP contribution in [0.5, 0.6) is 0 Å². The zero-order valence-corrected chi connectivity index (χ0v) is 13.2. The number of rotatable bonds is 6. The SMILES string of the molecule is Cc1ccc(CCCCC(=O)N2CCCCC2CN)cc1. The molecule has 3 heteroatoms. The monoisotopic (exact) mass is 288 g/mol. The number of likely N-dealkylation sites (tertiary alicyclic amines) is 1. The quantitative estimate of drug-likeness (QED) is 0.818. The zero-order valence-electron chi connectivity index (χ0n) is 13.2. The fraction of sp³-hybridized carbons (Fsp3) is 0.611. The van der Waals surface area contributed by atoms with Crippen molar-refractivity contribution in [3.05, 3.63) is 35.4 Å². The molecule has 1 saturated heterocycles. The van der Waals surface area contributed by atoms with Gasteiger partial charge < -0.3 is 10.6 Å². The predicted octanol–water partition coefficient (Wildman–Crippen LogP) is 3.05. The van der Waals surface area contributed by atoms with Gasteiger partial charge in [0.05, 0.1) is 0 Å². The number of unbranched alkanes of at least 4 members (excludes halogenated alkanes) is 1. The highest BCUT2D eigenvalue weighted by atomic mass is 16.2. The Labute approximate surface area is 128 Å². The van der Waals surface area contributed by atoms with E-state index in [1.54, 1.807) is 0 Å². The highest BCUT2D eigenvalue weighted by molar-refractivity contribution is 5.76. The van der Waals surface area contributed by atoms with Gasteiger partial charge >= 0.3 is 0 Å². The van der Waals surface area contributed by atoms with E-state index in [9.17, 15) is 4.79 Å². The molecule has 1 aromatic carbocycles. The fourth-order valence-corrected chi connectivity index (χ4v) is 3.08. The Morgan fingerprint density at radius 2 is 2.00 bits per heavy atom. The summed E-state index contributed by atoms with van der Waals surface area (Å²) in [6, 6.07) is 8.96. The smallest absolute Gasteiger partial charge is 0.222 e. The van der Waals surface area contributed by atoms with Crippen molar-refractivity contribution in [3.63, 3.8) is 0 Å². The van der Waals surface area contributed by atoms with Crippen LogP contribution in [0, 0.1) is 6.92 Å². The lowest BCUT2D eigenvalue weighted by molar-refractivity contribution is -0.134. The Morgan fingerprint density at radius 1 is 1.24 bits per heavy atom. The van der Waals surface area contributed by atoms with Crippen molar-refractivity contribution >= 4 is 5.91 Å². The maximum absolute atomic E-state index is 12.3. The van der Waals surface area contributed by atoms with Gasteiger partial charge in [-0.25, -0.2) is 0 Å². The van der Waals surface area contributed by atoms with Crippen LogP contribution in [-0.2, 0) is 11.2 Å². The van der Waals surface area contributed by atoms with Crippen LogP contribution in [-0.4, -0.2) is 29.9 Å². The lowest BCUT2D eigenvalue weighted by Crippen LogP contribution is -2.47. The van der Waals surface area contributed by atoms with E-state index in [1.807, 2.05) is 4.90 Å². The highest BCUT2D eigenvalue weighted by Crippen LogP contribution is 2.18. The van der Waals surface area contributed by atoms with Crippen LogP contribution < -0.4 is 5.73 Å². The number of nitrogens with zero attached hydrogens (tertiary/aromatic N) is 1. The summed E-state index contributed by atoms with van der Waals surface area (Å²) < 4.78 is 0. The van der Waals surface area contributed by atoms with E-state index in [4.69, 9.17) is 5.73 Å². The van der Waals surface area contributed by atoms with Gasteiger partial charge in [0.1, 0.15) is 0 Å². The summed E-state index contributed by atoms with van der Waals surface area (Å²) in [5.74, 6) is 0.300. The number of nitrogens with two attached hydrogens (primary N) is 1. The summed E-state index contributed by atoms with van der Waals surface area (Å²) in [6.45, 7) is 3.61. The Balaban J connectivity index is 1.70. The molecule has 116 valence electrons. The molecule has 1 unspecified atom stereocenters. The number of aryl methyl sites for hydroxylation is 2. The fourth-order valence-electron chi connectivity index (χ4n) is 3.08.